The molecular formula is C26H31FN4O11. The van der Waals surface area contributed by atoms with Crippen LogP contribution in [0.5, 0.6) is 17.2 Å². The van der Waals surface area contributed by atoms with E-state index in [4.69, 9.17) is 4.74 Å². The molecular weight excluding hydrogens is 563 g/mol. The number of morpholine rings is 1. The number of piperidine rings is 1. The van der Waals surface area contributed by atoms with E-state index in [9.17, 15) is 50.1 Å². The molecule has 42 heavy (non-hydrogen) atoms. The minimum absolute atomic E-state index is 0.0575. The first-order valence-corrected chi connectivity index (χ1v) is 12.9. The summed E-state index contributed by atoms with van der Waals surface area (Å²) in [5.74, 6) is -9.62. The fourth-order valence-corrected chi connectivity index (χ4v) is 4.85. The molecule has 0 bridgehead atoms. The summed E-state index contributed by atoms with van der Waals surface area (Å²) in [4.78, 5) is 39.7. The molecule has 3 amide bonds. The summed E-state index contributed by atoms with van der Waals surface area (Å²) in [7, 11) is 0. The number of nitrogens with zero attached hydrogens (tertiary/aromatic N) is 2. The molecule has 0 spiro atoms. The molecule has 1 aromatic carbocycles. The summed E-state index contributed by atoms with van der Waals surface area (Å²) >= 11 is 0. The maximum Gasteiger partial charge on any atom is 0.279 e. The van der Waals surface area contributed by atoms with E-state index in [-0.39, 0.29) is 24.1 Å². The smallest absolute Gasteiger partial charge is 0.279 e. The highest BCUT2D eigenvalue weighted by Gasteiger charge is 2.52. The number of rotatable bonds is 7. The maximum absolute atomic E-state index is 15.1. The average Bonchev–Trinajstić information content (AvgIpc) is 3.30. The number of carbonyl (C=O) groups is 3. The summed E-state index contributed by atoms with van der Waals surface area (Å²) in [6, 6.07) is 0. The first-order chi connectivity index (χ1) is 19.8. The van der Waals surface area contributed by atoms with E-state index in [2.05, 4.69) is 5.32 Å². The lowest BCUT2D eigenvalue weighted by Crippen LogP contribution is -2.63. The van der Waals surface area contributed by atoms with Crippen LogP contribution in [0.2, 0.25) is 0 Å². The molecule has 9 N–H and O–H groups in total. The predicted molar refractivity (Wildman–Crippen MR) is 139 cm³/mol. The fourth-order valence-electron chi connectivity index (χ4n) is 4.85. The van der Waals surface area contributed by atoms with Gasteiger partial charge >= 0.3 is 0 Å². The molecule has 3 heterocycles. The van der Waals surface area contributed by atoms with Gasteiger partial charge in [-0.25, -0.2) is 4.39 Å². The van der Waals surface area contributed by atoms with E-state index in [1.807, 2.05) is 5.32 Å². The van der Waals surface area contributed by atoms with Crippen LogP contribution >= 0.6 is 0 Å². The zero-order chi connectivity index (χ0) is 30.9. The molecule has 3 aliphatic heterocycles. The lowest BCUT2D eigenvalue weighted by atomic mass is 10.00. The van der Waals surface area contributed by atoms with Crippen LogP contribution in [-0.2, 0) is 32.2 Å². The van der Waals surface area contributed by atoms with E-state index < -0.39 is 94.4 Å². The van der Waals surface area contributed by atoms with Gasteiger partial charge in [0, 0.05) is 50.8 Å². The number of hydrogen-bond acceptors (Lipinski definition) is 13. The molecule has 1 unspecified atom stereocenters. The summed E-state index contributed by atoms with van der Waals surface area (Å²) in [5, 5.41) is 77.3. The minimum atomic E-state index is -2.50. The number of ether oxygens (including phenoxy) is 1. The number of halogens is 1. The summed E-state index contributed by atoms with van der Waals surface area (Å²) in [6.45, 7) is 1.58. The number of benzene rings is 1. The van der Waals surface area contributed by atoms with Crippen LogP contribution in [0.4, 0.5) is 4.39 Å². The van der Waals surface area contributed by atoms with E-state index in [1.165, 1.54) is 0 Å². The molecule has 0 radical (unpaired) electrons. The first kappa shape index (κ1) is 30.4. The highest BCUT2D eigenvalue weighted by molar-refractivity contribution is 6.08. The Kier molecular flexibility index (Phi) is 8.51. The van der Waals surface area contributed by atoms with Crippen molar-refractivity contribution in [2.75, 3.05) is 32.8 Å². The first-order valence-electron chi connectivity index (χ1n) is 12.9. The van der Waals surface area contributed by atoms with Gasteiger partial charge in [0.05, 0.1) is 36.5 Å². The van der Waals surface area contributed by atoms with Crippen molar-refractivity contribution >= 4 is 17.7 Å². The van der Waals surface area contributed by atoms with Gasteiger partial charge in [0.25, 0.3) is 11.8 Å². The Morgan fingerprint density at radius 1 is 1.07 bits per heavy atom. The van der Waals surface area contributed by atoms with Gasteiger partial charge in [0.1, 0.15) is 5.76 Å². The molecule has 3 saturated heterocycles. The van der Waals surface area contributed by atoms with Crippen molar-refractivity contribution in [1.82, 2.24) is 20.4 Å². The van der Waals surface area contributed by atoms with Crippen LogP contribution < -0.4 is 10.6 Å². The molecule has 4 rings (SSSR count). The van der Waals surface area contributed by atoms with Crippen molar-refractivity contribution < 1.29 is 59.3 Å². The number of imide groups is 1. The topological polar surface area (TPSA) is 233 Å². The molecule has 0 aromatic heterocycles. The number of amides is 3. The van der Waals surface area contributed by atoms with Gasteiger partial charge < -0.3 is 45.8 Å². The van der Waals surface area contributed by atoms with Crippen LogP contribution in [0.15, 0.2) is 34.6 Å². The third-order valence-electron chi connectivity index (χ3n) is 7.27. The van der Waals surface area contributed by atoms with E-state index in [0.29, 0.717) is 31.2 Å². The van der Waals surface area contributed by atoms with Crippen LogP contribution in [0, 0.1) is 5.82 Å². The minimum Gasteiger partial charge on any atom is -0.509 e. The molecule has 1 atom stereocenters. The Bertz CT molecular complexity index is 1380. The van der Waals surface area contributed by atoms with Crippen molar-refractivity contribution in [2.24, 2.45) is 0 Å². The zero-order valence-corrected chi connectivity index (χ0v) is 22.5. The number of likely N-dealkylation sites (tertiary alicyclic amines) is 1. The molecule has 16 heteroatoms. The zero-order valence-electron chi connectivity index (χ0n) is 22.5. The van der Waals surface area contributed by atoms with Crippen LogP contribution in [0.25, 0.3) is 0 Å². The molecule has 0 aliphatic carbocycles. The Balaban J connectivity index is 1.64. The number of phenols is 3. The molecule has 3 aliphatic rings. The fraction of sp³-hybridized carbons (Fsp3) is 0.423. The van der Waals surface area contributed by atoms with Gasteiger partial charge in [-0.3, -0.25) is 29.5 Å². The van der Waals surface area contributed by atoms with Gasteiger partial charge in [0.2, 0.25) is 11.6 Å². The van der Waals surface area contributed by atoms with E-state index >= 15 is 4.39 Å². The second kappa shape index (κ2) is 11.8. The van der Waals surface area contributed by atoms with Crippen molar-refractivity contribution in [1.29, 1.82) is 0 Å². The highest BCUT2D eigenvalue weighted by Crippen LogP contribution is 2.42. The standard InChI is InChI=1S/C26H31FN4O11/c1-12(32)19(34)23(38)17-13(10-31(24(17)39)26(41)3-2-16(33)29-25(26)40)8-28-9-14-18(27)20(35)15(22(37)21(14)36)11-30-4-6-42-7-5-30/h8,28,32,34-38,41H,2-7,9-11H2,1H3,(H,29,33,40)/b13-8+,19-12-,23-17-. The normalized spacial score (nSPS) is 24.6. The Labute approximate surface area is 238 Å². The number of aromatic hydroxyl groups is 3. The summed E-state index contributed by atoms with van der Waals surface area (Å²) < 4.78 is 20.4. The van der Waals surface area contributed by atoms with Crippen LogP contribution in [-0.4, -0.2) is 102 Å². The summed E-state index contributed by atoms with van der Waals surface area (Å²) in [5.41, 5.74) is -4.05. The van der Waals surface area contributed by atoms with Gasteiger partial charge in [-0.15, -0.1) is 0 Å². The van der Waals surface area contributed by atoms with Gasteiger partial charge in [-0.1, -0.05) is 0 Å². The third kappa shape index (κ3) is 5.50. The van der Waals surface area contributed by atoms with Crippen molar-refractivity contribution in [3.63, 3.8) is 0 Å². The lowest BCUT2D eigenvalue weighted by molar-refractivity contribution is -0.177. The lowest BCUT2D eigenvalue weighted by Gasteiger charge is -2.37. The number of allylic oxidation sites excluding steroid dienone is 1. The second-order valence-electron chi connectivity index (χ2n) is 10.00. The number of aliphatic hydroxyl groups is 4. The monoisotopic (exact) mass is 594 g/mol. The third-order valence-corrected chi connectivity index (χ3v) is 7.27. The highest BCUT2D eigenvalue weighted by atomic mass is 19.1. The van der Waals surface area contributed by atoms with Gasteiger partial charge in [0.15, 0.2) is 34.6 Å². The van der Waals surface area contributed by atoms with Crippen molar-refractivity contribution in [3.05, 3.63) is 51.6 Å². The van der Waals surface area contributed by atoms with E-state index in [0.717, 1.165) is 13.1 Å². The molecule has 0 saturated carbocycles. The Morgan fingerprint density at radius 3 is 2.33 bits per heavy atom. The number of nitrogens with one attached hydrogen (secondary N) is 2. The van der Waals surface area contributed by atoms with Gasteiger partial charge in [-0.05, 0) is 6.92 Å². The van der Waals surface area contributed by atoms with Gasteiger partial charge in [-0.2, -0.15) is 0 Å². The maximum atomic E-state index is 15.1. The van der Waals surface area contributed by atoms with Crippen LogP contribution in [0.1, 0.15) is 30.9 Å². The average molecular weight is 595 g/mol. The summed E-state index contributed by atoms with van der Waals surface area (Å²) in [6.07, 6.45) is 0.281. The number of aliphatic hydroxyl groups excluding tert-OH is 3. The Hall–Kier alpha value is -4.54. The van der Waals surface area contributed by atoms with Crippen molar-refractivity contribution in [2.45, 2.75) is 38.6 Å². The SMILES string of the molecule is C\C(O)=C(O)/C(O)=C1/C(=O)N(C2(O)CCC(=O)NC2=O)C/C1=C\NCc1c(O)c(O)c(CN2CCOCC2)c(O)c1F. The quantitative estimate of drug-likeness (QED) is 0.0659. The predicted octanol–water partition coefficient (Wildman–Crippen LogP) is -0.125. The molecule has 15 nitrogen and oxygen atoms in total. The van der Waals surface area contributed by atoms with Crippen LogP contribution in [0.3, 0.4) is 0 Å². The molecule has 3 fully saturated rings. The number of phenolic OH excluding ortho intramolecular Hbond substituents is 3. The van der Waals surface area contributed by atoms with E-state index in [1.54, 1.807) is 4.90 Å². The number of hydrogen-bond donors (Lipinski definition) is 9. The molecule has 228 valence electrons. The number of carbonyl (C=O) groups excluding carboxylic acids is 3. The molecule has 1 aromatic rings. The van der Waals surface area contributed by atoms with Crippen molar-refractivity contribution in [3.8, 4) is 17.2 Å². The largest absolute Gasteiger partial charge is 0.509 e. The second-order valence-corrected chi connectivity index (χ2v) is 10.00. The Morgan fingerprint density at radius 2 is 1.71 bits per heavy atom.